The summed E-state index contributed by atoms with van der Waals surface area (Å²) in [5.74, 6) is 0. The van der Waals surface area contributed by atoms with Crippen molar-refractivity contribution in [2.24, 2.45) is 0 Å². The van der Waals surface area contributed by atoms with Gasteiger partial charge in [0, 0.05) is 39.4 Å². The van der Waals surface area contributed by atoms with Crippen LogP contribution < -0.4 is 0 Å². The summed E-state index contributed by atoms with van der Waals surface area (Å²) in [7, 11) is -4.64. The van der Waals surface area contributed by atoms with Gasteiger partial charge in [0.2, 0.25) is 0 Å². The fourth-order valence-electron chi connectivity index (χ4n) is 0. The van der Waals surface area contributed by atoms with Gasteiger partial charge in [0.15, 0.2) is 0 Å². The molecule has 0 saturated carbocycles. The van der Waals surface area contributed by atoms with E-state index in [1.807, 2.05) is 0 Å². The second kappa shape index (κ2) is 5.51. The van der Waals surface area contributed by atoms with E-state index in [1.54, 1.807) is 0 Å². The van der Waals surface area contributed by atoms with Crippen LogP contribution in [0.1, 0.15) is 0 Å². The van der Waals surface area contributed by atoms with Crippen molar-refractivity contribution in [3.8, 4) is 0 Å². The maximum absolute atomic E-state index is 8.88. The Bertz CT molecular complexity index is 57.8. The Kier molecular flexibility index (Phi) is 12.4. The van der Waals surface area contributed by atoms with Gasteiger partial charge >= 0.3 is 7.82 Å². The molecule has 0 bridgehead atoms. The summed E-state index contributed by atoms with van der Waals surface area (Å²) >= 11 is 0. The summed E-state index contributed by atoms with van der Waals surface area (Å²) in [6, 6.07) is 0. The van der Waals surface area contributed by atoms with Gasteiger partial charge in [-0.1, -0.05) is 0 Å². The molecule has 0 aliphatic rings. The minimum Gasteiger partial charge on any atom is -0.303 e. The van der Waals surface area contributed by atoms with E-state index in [-0.39, 0.29) is 39.4 Å². The zero-order chi connectivity index (χ0) is 4.50. The summed E-state index contributed by atoms with van der Waals surface area (Å²) in [5.41, 5.74) is 0. The van der Waals surface area contributed by atoms with Crippen LogP contribution in [-0.4, -0.2) is 14.7 Å². The van der Waals surface area contributed by atoms with Crippen molar-refractivity contribution in [2.45, 2.75) is 0 Å². The molecule has 4 nitrogen and oxygen atoms in total. The van der Waals surface area contributed by atoms with Gasteiger partial charge < -0.3 is 14.7 Å². The average molecular weight is 246 g/mol. The Morgan fingerprint density at radius 3 is 1.14 bits per heavy atom. The average Bonchev–Trinajstić information content (AvgIpc) is 0.722. The van der Waals surface area contributed by atoms with Crippen LogP contribution in [0, 0.1) is 0 Å². The first-order chi connectivity index (χ1) is 2.00. The molecule has 0 unspecified atom stereocenters. The predicted molar refractivity (Wildman–Crippen MR) is 14.3 cm³/mol. The molecular weight excluding hydrogens is 243 g/mol. The van der Waals surface area contributed by atoms with E-state index in [0.717, 1.165) is 0 Å². The van der Waals surface area contributed by atoms with E-state index in [4.69, 9.17) is 19.2 Å². The topological polar surface area (TPSA) is 77.8 Å². The van der Waals surface area contributed by atoms with Gasteiger partial charge in [-0.15, -0.1) is 0 Å². The van der Waals surface area contributed by atoms with Gasteiger partial charge in [-0.05, 0) is 0 Å². The van der Waals surface area contributed by atoms with Crippen molar-refractivity contribution in [3.63, 3.8) is 0 Å². The molecule has 0 aliphatic carbocycles. The third kappa shape index (κ3) is 113. The monoisotopic (exact) mass is 246 g/mol. The Morgan fingerprint density at radius 1 is 1.14 bits per heavy atom. The third-order valence-corrected chi connectivity index (χ3v) is 0. The minimum absolute atomic E-state index is 0. The fourth-order valence-corrected chi connectivity index (χ4v) is 0. The van der Waals surface area contributed by atoms with Crippen LogP contribution in [0.3, 0.4) is 0 Å². The molecule has 0 aromatic rings. The number of phosphoric acid groups is 1. The van der Waals surface area contributed by atoms with E-state index in [2.05, 4.69) is 0 Å². The number of rotatable bonds is 0. The first kappa shape index (κ1) is 15.8. The molecule has 0 saturated heterocycles. The van der Waals surface area contributed by atoms with Crippen LogP contribution in [0.4, 0.5) is 0 Å². The van der Waals surface area contributed by atoms with Crippen molar-refractivity contribution >= 4 is 7.82 Å². The molecule has 0 spiro atoms. The molecule has 0 aromatic carbocycles. The first-order valence-corrected chi connectivity index (χ1v) is 2.35. The summed E-state index contributed by atoms with van der Waals surface area (Å²) in [6.45, 7) is 0. The molecular formula is H3MnNbO4P. The summed E-state index contributed by atoms with van der Waals surface area (Å²) in [6.07, 6.45) is 0. The van der Waals surface area contributed by atoms with Gasteiger partial charge in [0.1, 0.15) is 0 Å². The zero-order valence-corrected chi connectivity index (χ0v) is 7.30. The fraction of sp³-hybridized carbons (Fsp3) is 0. The smallest absolute Gasteiger partial charge is 0.303 e. The van der Waals surface area contributed by atoms with Gasteiger partial charge in [-0.2, -0.15) is 0 Å². The molecule has 7 heavy (non-hydrogen) atoms. The van der Waals surface area contributed by atoms with Crippen molar-refractivity contribution in [1.82, 2.24) is 0 Å². The maximum Gasteiger partial charge on any atom is 0.466 e. The van der Waals surface area contributed by atoms with Gasteiger partial charge in [0.05, 0.1) is 0 Å². The molecule has 0 amide bonds. The molecule has 0 aliphatic heterocycles. The van der Waals surface area contributed by atoms with Gasteiger partial charge in [0.25, 0.3) is 0 Å². The number of hydrogen-bond acceptors (Lipinski definition) is 1. The Morgan fingerprint density at radius 2 is 1.14 bits per heavy atom. The van der Waals surface area contributed by atoms with Crippen molar-refractivity contribution in [1.29, 1.82) is 0 Å². The van der Waals surface area contributed by atoms with Gasteiger partial charge in [-0.25, -0.2) is 4.57 Å². The van der Waals surface area contributed by atoms with Crippen LogP contribution >= 0.6 is 7.82 Å². The summed E-state index contributed by atoms with van der Waals surface area (Å²) in [4.78, 5) is 21.6. The first-order valence-electron chi connectivity index (χ1n) is 0.783. The SMILES string of the molecule is O=P(O)(O)O.[Mn].[Nb]. The van der Waals surface area contributed by atoms with Crippen LogP contribution in [-0.2, 0) is 44.0 Å². The molecule has 0 heterocycles. The largest absolute Gasteiger partial charge is 0.466 e. The van der Waals surface area contributed by atoms with Crippen molar-refractivity contribution < 1.29 is 58.7 Å². The van der Waals surface area contributed by atoms with Crippen molar-refractivity contribution in [3.05, 3.63) is 0 Å². The van der Waals surface area contributed by atoms with E-state index < -0.39 is 7.82 Å². The van der Waals surface area contributed by atoms with E-state index in [9.17, 15) is 0 Å². The normalized spacial score (nSPS) is 8.43. The van der Waals surface area contributed by atoms with Crippen molar-refractivity contribution in [2.75, 3.05) is 0 Å². The quantitative estimate of drug-likeness (QED) is 0.381. The Balaban J connectivity index is -0.0000000800. The Hall–Kier alpha value is 1.37. The summed E-state index contributed by atoms with van der Waals surface area (Å²) < 4.78 is 8.88. The molecule has 44 valence electrons. The predicted octanol–water partition coefficient (Wildman–Crippen LogP) is -0.934. The molecule has 3 N–H and O–H groups in total. The molecule has 0 fully saturated rings. The van der Waals surface area contributed by atoms with Gasteiger partial charge in [-0.3, -0.25) is 0 Å². The van der Waals surface area contributed by atoms with E-state index in [0.29, 0.717) is 0 Å². The third-order valence-electron chi connectivity index (χ3n) is 0. The standard InChI is InChI=1S/Mn.Nb.H3O4P/c;;1-5(2,3)4/h;;(H3,1,2,3,4). The molecule has 7 heteroatoms. The number of hydrogen-bond donors (Lipinski definition) is 3. The molecule has 0 aromatic heterocycles. The molecule has 0 rings (SSSR count). The Labute approximate surface area is 66.5 Å². The molecule has 2 radical (unpaired) electrons. The maximum atomic E-state index is 8.88. The minimum atomic E-state index is -4.64. The zero-order valence-electron chi connectivity index (χ0n) is 3.02. The van der Waals surface area contributed by atoms with Crippen LogP contribution in [0.15, 0.2) is 0 Å². The van der Waals surface area contributed by atoms with Crippen LogP contribution in [0.5, 0.6) is 0 Å². The second-order valence-corrected chi connectivity index (χ2v) is 1.54. The second-order valence-electron chi connectivity index (χ2n) is 0.513. The van der Waals surface area contributed by atoms with E-state index in [1.165, 1.54) is 0 Å². The van der Waals surface area contributed by atoms with E-state index >= 15 is 0 Å². The van der Waals surface area contributed by atoms with Crippen LogP contribution in [0.2, 0.25) is 0 Å². The van der Waals surface area contributed by atoms with Crippen LogP contribution in [0.25, 0.3) is 0 Å². The summed E-state index contributed by atoms with van der Waals surface area (Å²) in [5, 5.41) is 0. The molecule has 0 atom stereocenters.